The Morgan fingerprint density at radius 3 is 2.52 bits per heavy atom. The number of aryl methyl sites for hydroxylation is 2. The van der Waals surface area contributed by atoms with Gasteiger partial charge in [-0.15, -0.1) is 0 Å². The van der Waals surface area contributed by atoms with Crippen molar-refractivity contribution in [3.8, 4) is 0 Å². The molecule has 0 unspecified atom stereocenters. The van der Waals surface area contributed by atoms with Crippen LogP contribution < -0.4 is 9.80 Å². The van der Waals surface area contributed by atoms with Crippen LogP contribution in [-0.4, -0.2) is 55.4 Å². The molecule has 0 radical (unpaired) electrons. The molecule has 2 atom stereocenters. The molecule has 0 N–H and O–H groups in total. The highest BCUT2D eigenvalue weighted by atomic mass is 32.2. The maximum atomic E-state index is 12.7. The SMILES string of the molecule is CCN(CC)c1ccc(N2C(=NC(=O)CCc3ccccc3)S[C@@H]3CS(=O)(=O)C[C@H]32)c(C)c1. The first-order valence-corrected chi connectivity index (χ1v) is 14.2. The number of fused-ring (bicyclic) bond motifs is 1. The van der Waals surface area contributed by atoms with E-state index < -0.39 is 9.84 Å². The molecule has 2 heterocycles. The molecule has 6 nitrogen and oxygen atoms in total. The van der Waals surface area contributed by atoms with Crippen molar-refractivity contribution in [2.45, 2.75) is 44.9 Å². The summed E-state index contributed by atoms with van der Waals surface area (Å²) in [5.74, 6) is 0.0535. The third-order valence-electron chi connectivity index (χ3n) is 6.33. The minimum Gasteiger partial charge on any atom is -0.372 e. The molecule has 0 spiro atoms. The Morgan fingerprint density at radius 1 is 1.12 bits per heavy atom. The third kappa shape index (κ3) is 5.27. The van der Waals surface area contributed by atoms with E-state index in [1.165, 1.54) is 11.8 Å². The first-order valence-electron chi connectivity index (χ1n) is 11.5. The monoisotopic (exact) mass is 485 g/mol. The number of sulfone groups is 1. The van der Waals surface area contributed by atoms with Crippen LogP contribution in [0.4, 0.5) is 11.4 Å². The molecule has 2 aromatic carbocycles. The molecule has 0 aromatic heterocycles. The Hall–Kier alpha value is -2.32. The average molecular weight is 486 g/mol. The molecule has 1 amide bonds. The van der Waals surface area contributed by atoms with Gasteiger partial charge in [0, 0.05) is 36.1 Å². The lowest BCUT2D eigenvalue weighted by molar-refractivity contribution is -0.117. The lowest BCUT2D eigenvalue weighted by Gasteiger charge is -2.28. The highest BCUT2D eigenvalue weighted by Crippen LogP contribution is 2.42. The zero-order chi connectivity index (χ0) is 23.6. The number of amides is 1. The van der Waals surface area contributed by atoms with E-state index in [-0.39, 0.29) is 28.7 Å². The van der Waals surface area contributed by atoms with Crippen molar-refractivity contribution in [3.63, 3.8) is 0 Å². The largest absolute Gasteiger partial charge is 0.372 e. The highest BCUT2D eigenvalue weighted by Gasteiger charge is 2.49. The number of anilines is 2. The predicted molar refractivity (Wildman–Crippen MR) is 138 cm³/mol. The third-order valence-corrected chi connectivity index (χ3v) is 9.54. The van der Waals surface area contributed by atoms with Gasteiger partial charge in [-0.05, 0) is 56.5 Å². The van der Waals surface area contributed by atoms with Crippen molar-refractivity contribution in [2.75, 3.05) is 34.4 Å². The highest BCUT2D eigenvalue weighted by molar-refractivity contribution is 8.16. The van der Waals surface area contributed by atoms with Gasteiger partial charge in [-0.2, -0.15) is 4.99 Å². The summed E-state index contributed by atoms with van der Waals surface area (Å²) >= 11 is 1.43. The number of carbonyl (C=O) groups excluding carboxylic acids is 1. The second-order valence-corrected chi connectivity index (χ2v) is 11.9. The van der Waals surface area contributed by atoms with E-state index in [1.54, 1.807) is 0 Å². The Balaban J connectivity index is 1.62. The minimum absolute atomic E-state index is 0.0964. The maximum absolute atomic E-state index is 12.7. The molecule has 8 heteroatoms. The van der Waals surface area contributed by atoms with E-state index in [0.717, 1.165) is 35.6 Å². The van der Waals surface area contributed by atoms with Gasteiger partial charge in [0.05, 0.1) is 17.5 Å². The molecule has 176 valence electrons. The topological polar surface area (TPSA) is 70.0 Å². The number of hydrogen-bond acceptors (Lipinski definition) is 5. The molecule has 4 rings (SSSR count). The van der Waals surface area contributed by atoms with Crippen LogP contribution in [0, 0.1) is 6.92 Å². The van der Waals surface area contributed by atoms with Crippen LogP contribution in [0.3, 0.4) is 0 Å². The first-order chi connectivity index (χ1) is 15.8. The van der Waals surface area contributed by atoms with Crippen LogP contribution in [0.1, 0.15) is 31.4 Å². The fourth-order valence-corrected chi connectivity index (χ4v) is 8.52. The molecule has 2 aromatic rings. The van der Waals surface area contributed by atoms with E-state index in [0.29, 0.717) is 18.0 Å². The predicted octanol–water partition coefficient (Wildman–Crippen LogP) is 4.08. The van der Waals surface area contributed by atoms with E-state index in [1.807, 2.05) is 48.2 Å². The number of rotatable bonds is 7. The molecule has 0 bridgehead atoms. The van der Waals surface area contributed by atoms with E-state index >= 15 is 0 Å². The van der Waals surface area contributed by atoms with E-state index in [4.69, 9.17) is 0 Å². The van der Waals surface area contributed by atoms with E-state index in [9.17, 15) is 13.2 Å². The van der Waals surface area contributed by atoms with Gasteiger partial charge in [-0.1, -0.05) is 42.1 Å². The zero-order valence-corrected chi connectivity index (χ0v) is 21.0. The van der Waals surface area contributed by atoms with Crippen LogP contribution >= 0.6 is 11.8 Å². The summed E-state index contributed by atoms with van der Waals surface area (Å²) in [7, 11) is -3.10. The number of hydrogen-bond donors (Lipinski definition) is 0. The molecule has 2 aliphatic rings. The molecule has 33 heavy (non-hydrogen) atoms. The van der Waals surface area contributed by atoms with Crippen LogP contribution in [0.15, 0.2) is 53.5 Å². The Kier molecular flexibility index (Phi) is 7.14. The second kappa shape index (κ2) is 9.89. The van der Waals surface area contributed by atoms with Crippen LogP contribution in [-0.2, 0) is 21.1 Å². The standard InChI is InChI=1S/C25H31N3O3S2/c1-4-27(5-2)20-12-13-21(18(3)15-20)28-22-16-33(30,31)17-23(22)32-25(28)26-24(29)14-11-19-9-7-6-8-10-19/h6-10,12-13,15,22-23H,4-5,11,14,16-17H2,1-3H3/t22-,23-/m1/s1. The van der Waals surface area contributed by atoms with Gasteiger partial charge in [0.2, 0.25) is 5.91 Å². The van der Waals surface area contributed by atoms with Crippen molar-refractivity contribution in [1.82, 2.24) is 0 Å². The van der Waals surface area contributed by atoms with Gasteiger partial charge >= 0.3 is 0 Å². The lowest BCUT2D eigenvalue weighted by atomic mass is 10.1. The average Bonchev–Trinajstić information content (AvgIpc) is 3.25. The Bertz CT molecular complexity index is 1140. The molecule has 0 saturated carbocycles. The Morgan fingerprint density at radius 2 is 1.85 bits per heavy atom. The van der Waals surface area contributed by atoms with Crippen molar-refractivity contribution in [1.29, 1.82) is 0 Å². The van der Waals surface area contributed by atoms with Crippen molar-refractivity contribution >= 4 is 44.0 Å². The number of carbonyl (C=O) groups is 1. The van der Waals surface area contributed by atoms with Crippen LogP contribution in [0.2, 0.25) is 0 Å². The number of nitrogens with zero attached hydrogens (tertiary/aromatic N) is 3. The quantitative estimate of drug-likeness (QED) is 0.589. The fraction of sp³-hybridized carbons (Fsp3) is 0.440. The summed E-state index contributed by atoms with van der Waals surface area (Å²) in [6, 6.07) is 16.0. The van der Waals surface area contributed by atoms with Gasteiger partial charge in [-0.25, -0.2) is 8.42 Å². The van der Waals surface area contributed by atoms with Gasteiger partial charge in [0.15, 0.2) is 15.0 Å². The van der Waals surface area contributed by atoms with Crippen LogP contribution in [0.25, 0.3) is 0 Å². The Labute approximate surface area is 201 Å². The lowest BCUT2D eigenvalue weighted by Crippen LogP contribution is -2.38. The van der Waals surface area contributed by atoms with Gasteiger partial charge in [-0.3, -0.25) is 4.79 Å². The summed E-state index contributed by atoms with van der Waals surface area (Å²) < 4.78 is 24.7. The van der Waals surface area contributed by atoms with Gasteiger partial charge in [0.25, 0.3) is 0 Å². The zero-order valence-electron chi connectivity index (χ0n) is 19.4. The summed E-state index contributed by atoms with van der Waals surface area (Å²) in [6.45, 7) is 8.13. The maximum Gasteiger partial charge on any atom is 0.248 e. The summed E-state index contributed by atoms with van der Waals surface area (Å²) in [5.41, 5.74) is 4.22. The normalized spacial score (nSPS) is 22.5. The second-order valence-electron chi connectivity index (χ2n) is 8.59. The molecule has 2 aliphatic heterocycles. The van der Waals surface area contributed by atoms with Crippen molar-refractivity contribution < 1.29 is 13.2 Å². The van der Waals surface area contributed by atoms with Gasteiger partial charge < -0.3 is 9.80 Å². The number of amidine groups is 1. The number of thioether (sulfide) groups is 1. The fourth-order valence-electron chi connectivity index (χ4n) is 4.60. The molecule has 2 fully saturated rings. The number of aliphatic imine (C=N–C) groups is 1. The summed E-state index contributed by atoms with van der Waals surface area (Å²) in [6.07, 6.45) is 0.968. The van der Waals surface area contributed by atoms with Crippen molar-refractivity contribution in [3.05, 3.63) is 59.7 Å². The summed E-state index contributed by atoms with van der Waals surface area (Å²) in [4.78, 5) is 21.5. The number of benzene rings is 2. The summed E-state index contributed by atoms with van der Waals surface area (Å²) in [5, 5.41) is 0.522. The molecular formula is C25H31N3O3S2. The minimum atomic E-state index is -3.10. The van der Waals surface area contributed by atoms with Crippen molar-refractivity contribution in [2.24, 2.45) is 4.99 Å². The molecule has 0 aliphatic carbocycles. The first kappa shape index (κ1) is 23.8. The smallest absolute Gasteiger partial charge is 0.248 e. The van der Waals surface area contributed by atoms with Crippen LogP contribution in [0.5, 0.6) is 0 Å². The molecule has 2 saturated heterocycles. The van der Waals surface area contributed by atoms with Gasteiger partial charge in [0.1, 0.15) is 0 Å². The van der Waals surface area contributed by atoms with E-state index in [2.05, 4.69) is 35.9 Å². The molecular weight excluding hydrogens is 454 g/mol.